The number of likely N-dealkylation sites (tertiary alicyclic amines) is 1. The van der Waals surface area contributed by atoms with Crippen LogP contribution in [0.4, 0.5) is 0 Å². The predicted molar refractivity (Wildman–Crippen MR) is 92.7 cm³/mol. The molecule has 0 unspecified atom stereocenters. The summed E-state index contributed by atoms with van der Waals surface area (Å²) in [6, 6.07) is 9.92. The molecule has 24 heavy (non-hydrogen) atoms. The van der Waals surface area contributed by atoms with Crippen LogP contribution in [-0.4, -0.2) is 37.2 Å². The molecule has 0 amide bonds. The number of hydrogen-bond donors (Lipinski definition) is 1. The molecule has 1 aliphatic heterocycles. The second-order valence-corrected chi connectivity index (χ2v) is 6.41. The van der Waals surface area contributed by atoms with Crippen LogP contribution >= 0.6 is 0 Å². The lowest BCUT2D eigenvalue weighted by Crippen LogP contribution is -2.36. The maximum absolute atomic E-state index is 12.3. The molecule has 0 aliphatic carbocycles. The number of nitrogens with one attached hydrogen (secondary N) is 1. The molecule has 3 heterocycles. The molecular weight excluding hydrogens is 302 g/mol. The minimum absolute atomic E-state index is 0.0646. The summed E-state index contributed by atoms with van der Waals surface area (Å²) in [5.41, 5.74) is 0.691. The highest BCUT2D eigenvalue weighted by Crippen LogP contribution is 2.28. The third-order valence-corrected chi connectivity index (χ3v) is 4.90. The van der Waals surface area contributed by atoms with E-state index >= 15 is 0 Å². The van der Waals surface area contributed by atoms with Crippen LogP contribution in [0.25, 0.3) is 10.9 Å². The molecule has 0 spiro atoms. The minimum atomic E-state index is -0.0646. The smallest absolute Gasteiger partial charge is 0.258 e. The molecule has 2 atom stereocenters. The van der Waals surface area contributed by atoms with E-state index < -0.39 is 0 Å². The van der Waals surface area contributed by atoms with Crippen molar-refractivity contribution in [3.63, 3.8) is 0 Å². The third kappa shape index (κ3) is 2.73. The van der Waals surface area contributed by atoms with Crippen LogP contribution < -0.4 is 5.56 Å². The number of rotatable bonds is 4. The van der Waals surface area contributed by atoms with Gasteiger partial charge in [0, 0.05) is 18.4 Å². The zero-order valence-electron chi connectivity index (χ0n) is 13.7. The Hall–Kier alpha value is -2.47. The van der Waals surface area contributed by atoms with Gasteiger partial charge in [0.1, 0.15) is 5.82 Å². The zero-order valence-corrected chi connectivity index (χ0v) is 13.7. The Morgan fingerprint density at radius 3 is 3.04 bits per heavy atom. The quantitative estimate of drug-likeness (QED) is 0.800. The van der Waals surface area contributed by atoms with Crippen molar-refractivity contribution in [1.29, 1.82) is 0 Å². The van der Waals surface area contributed by atoms with Gasteiger partial charge in [0.25, 0.3) is 5.56 Å². The van der Waals surface area contributed by atoms with Gasteiger partial charge in [-0.2, -0.15) is 5.10 Å². The molecule has 1 fully saturated rings. The van der Waals surface area contributed by atoms with E-state index in [1.54, 1.807) is 0 Å². The summed E-state index contributed by atoms with van der Waals surface area (Å²) >= 11 is 0. The maximum Gasteiger partial charge on any atom is 0.258 e. The fourth-order valence-corrected chi connectivity index (χ4v) is 3.65. The Kier molecular flexibility index (Phi) is 3.90. The molecule has 6 heteroatoms. The summed E-state index contributed by atoms with van der Waals surface area (Å²) in [5.74, 6) is 0.742. The molecule has 6 nitrogen and oxygen atoms in total. The first-order valence-corrected chi connectivity index (χ1v) is 8.44. The molecule has 1 N–H and O–H groups in total. The monoisotopic (exact) mass is 323 g/mol. The SMILES string of the molecule is C[C@H](c1nc2ccccc2c(=O)[nH]1)N1CCC[C@H]1Cn1cccn1. The van der Waals surface area contributed by atoms with E-state index in [0.717, 1.165) is 37.3 Å². The molecule has 4 rings (SSSR count). The van der Waals surface area contributed by atoms with E-state index in [9.17, 15) is 4.79 Å². The number of nitrogens with zero attached hydrogens (tertiary/aromatic N) is 4. The normalized spacial score (nSPS) is 19.8. The van der Waals surface area contributed by atoms with Gasteiger partial charge in [0.05, 0.1) is 23.5 Å². The number of benzene rings is 1. The third-order valence-electron chi connectivity index (χ3n) is 4.90. The van der Waals surface area contributed by atoms with Crippen molar-refractivity contribution < 1.29 is 0 Å². The molecule has 1 aromatic carbocycles. The predicted octanol–water partition coefficient (Wildman–Crippen LogP) is 2.35. The minimum Gasteiger partial charge on any atom is -0.309 e. The highest BCUT2D eigenvalue weighted by atomic mass is 16.1. The average molecular weight is 323 g/mol. The summed E-state index contributed by atoms with van der Waals surface area (Å²) in [4.78, 5) is 22.4. The van der Waals surface area contributed by atoms with Crippen molar-refractivity contribution in [2.45, 2.75) is 38.4 Å². The average Bonchev–Trinajstić information content (AvgIpc) is 3.26. The second kappa shape index (κ2) is 6.20. The lowest BCUT2D eigenvalue weighted by molar-refractivity contribution is 0.167. The van der Waals surface area contributed by atoms with E-state index in [2.05, 4.69) is 21.9 Å². The van der Waals surface area contributed by atoms with E-state index in [1.165, 1.54) is 0 Å². The summed E-state index contributed by atoms with van der Waals surface area (Å²) in [6.45, 7) is 4.01. The van der Waals surface area contributed by atoms with Crippen molar-refractivity contribution in [3.05, 3.63) is 58.9 Å². The first-order chi connectivity index (χ1) is 11.7. The summed E-state index contributed by atoms with van der Waals surface area (Å²) in [5, 5.41) is 4.96. The Labute approximate surface area is 140 Å². The number of aromatic nitrogens is 4. The van der Waals surface area contributed by atoms with Crippen molar-refractivity contribution >= 4 is 10.9 Å². The highest BCUT2D eigenvalue weighted by molar-refractivity contribution is 5.77. The van der Waals surface area contributed by atoms with E-state index in [1.807, 2.05) is 47.4 Å². The Bertz CT molecular complexity index is 886. The number of para-hydroxylation sites is 1. The van der Waals surface area contributed by atoms with Crippen molar-refractivity contribution in [2.24, 2.45) is 0 Å². The number of fused-ring (bicyclic) bond motifs is 1. The summed E-state index contributed by atoms with van der Waals surface area (Å²) in [7, 11) is 0. The number of hydrogen-bond acceptors (Lipinski definition) is 4. The molecule has 0 saturated carbocycles. The van der Waals surface area contributed by atoms with Gasteiger partial charge in [0.2, 0.25) is 0 Å². The van der Waals surface area contributed by atoms with E-state index in [4.69, 9.17) is 4.98 Å². The van der Waals surface area contributed by atoms with Gasteiger partial charge in [0.15, 0.2) is 0 Å². The molecular formula is C18H21N5O. The van der Waals surface area contributed by atoms with Gasteiger partial charge in [-0.15, -0.1) is 0 Å². The summed E-state index contributed by atoms with van der Waals surface area (Å²) < 4.78 is 1.98. The van der Waals surface area contributed by atoms with Crippen molar-refractivity contribution in [2.75, 3.05) is 6.54 Å². The fourth-order valence-electron chi connectivity index (χ4n) is 3.65. The molecule has 2 aromatic heterocycles. The topological polar surface area (TPSA) is 66.8 Å². The Morgan fingerprint density at radius 2 is 2.21 bits per heavy atom. The Balaban J connectivity index is 1.62. The van der Waals surface area contributed by atoms with Crippen LogP contribution in [0, 0.1) is 0 Å². The van der Waals surface area contributed by atoms with Gasteiger partial charge in [-0.25, -0.2) is 4.98 Å². The van der Waals surface area contributed by atoms with Gasteiger partial charge < -0.3 is 4.98 Å². The van der Waals surface area contributed by atoms with Crippen molar-refractivity contribution in [3.8, 4) is 0 Å². The fraction of sp³-hybridized carbons (Fsp3) is 0.389. The lowest BCUT2D eigenvalue weighted by Gasteiger charge is -2.30. The van der Waals surface area contributed by atoms with Gasteiger partial charge >= 0.3 is 0 Å². The largest absolute Gasteiger partial charge is 0.309 e. The molecule has 124 valence electrons. The molecule has 0 bridgehead atoms. The van der Waals surface area contributed by atoms with Crippen LogP contribution in [0.2, 0.25) is 0 Å². The Morgan fingerprint density at radius 1 is 1.33 bits per heavy atom. The highest BCUT2D eigenvalue weighted by Gasteiger charge is 2.30. The van der Waals surface area contributed by atoms with E-state index in [0.29, 0.717) is 11.4 Å². The zero-order chi connectivity index (χ0) is 16.5. The molecule has 1 aliphatic rings. The van der Waals surface area contributed by atoms with Crippen molar-refractivity contribution in [1.82, 2.24) is 24.6 Å². The number of H-pyrrole nitrogens is 1. The standard InChI is InChI=1S/C18H21N5O/c1-13(17-20-16-8-3-2-7-15(16)18(24)21-17)23-11-4-6-14(23)12-22-10-5-9-19-22/h2-3,5,7-10,13-14H,4,6,11-12H2,1H3,(H,20,21,24)/t13-,14+/m1/s1. The van der Waals surface area contributed by atoms with Crippen LogP contribution in [0.3, 0.4) is 0 Å². The van der Waals surface area contributed by atoms with Crippen LogP contribution in [-0.2, 0) is 6.54 Å². The second-order valence-electron chi connectivity index (χ2n) is 6.41. The van der Waals surface area contributed by atoms with Gasteiger partial charge in [-0.3, -0.25) is 14.4 Å². The van der Waals surface area contributed by atoms with Crippen LogP contribution in [0.1, 0.15) is 31.6 Å². The number of aromatic amines is 1. The lowest BCUT2D eigenvalue weighted by atomic mass is 10.1. The van der Waals surface area contributed by atoms with Gasteiger partial charge in [-0.05, 0) is 44.5 Å². The van der Waals surface area contributed by atoms with Crippen LogP contribution in [0.5, 0.6) is 0 Å². The first kappa shape index (κ1) is 15.1. The molecule has 1 saturated heterocycles. The first-order valence-electron chi connectivity index (χ1n) is 8.44. The molecule has 0 radical (unpaired) electrons. The van der Waals surface area contributed by atoms with E-state index in [-0.39, 0.29) is 11.6 Å². The maximum atomic E-state index is 12.3. The summed E-state index contributed by atoms with van der Waals surface area (Å²) in [6.07, 6.45) is 6.11. The molecule has 3 aromatic rings. The van der Waals surface area contributed by atoms with Crippen LogP contribution in [0.15, 0.2) is 47.5 Å². The van der Waals surface area contributed by atoms with Gasteiger partial charge in [-0.1, -0.05) is 12.1 Å².